The van der Waals surface area contributed by atoms with Crippen LogP contribution in [-0.2, 0) is 10.0 Å². The van der Waals surface area contributed by atoms with Crippen LogP contribution in [0.5, 0.6) is 11.5 Å². The van der Waals surface area contributed by atoms with Crippen LogP contribution < -0.4 is 9.47 Å². The fraction of sp³-hybridized carbons (Fsp3) is 0.438. The molecule has 0 aliphatic carbocycles. The molecular weight excluding hydrogens is 332 g/mol. The maximum Gasteiger partial charge on any atom is 0.247 e. The Morgan fingerprint density at radius 1 is 1.25 bits per heavy atom. The molecule has 1 aromatic heterocycles. The Labute approximate surface area is 141 Å². The van der Waals surface area contributed by atoms with Gasteiger partial charge in [0.1, 0.15) is 16.4 Å². The molecule has 1 fully saturated rings. The maximum absolute atomic E-state index is 13.2. The SMILES string of the molecule is COc1ccc(OC)c(S(=O)(=O)N2CCC[C@@H]2c2cc(C)no2)c1. The largest absolute Gasteiger partial charge is 0.497 e. The zero-order valence-corrected chi connectivity index (χ0v) is 14.7. The van der Waals surface area contributed by atoms with E-state index in [1.165, 1.54) is 24.6 Å². The minimum absolute atomic E-state index is 0.0903. The summed E-state index contributed by atoms with van der Waals surface area (Å²) in [6.07, 6.45) is 1.45. The summed E-state index contributed by atoms with van der Waals surface area (Å²) in [5, 5.41) is 3.87. The van der Waals surface area contributed by atoms with Gasteiger partial charge in [-0.05, 0) is 31.9 Å². The van der Waals surface area contributed by atoms with Gasteiger partial charge >= 0.3 is 0 Å². The third-order valence-electron chi connectivity index (χ3n) is 4.14. The van der Waals surface area contributed by atoms with Crippen molar-refractivity contribution in [2.24, 2.45) is 0 Å². The van der Waals surface area contributed by atoms with Crippen molar-refractivity contribution in [2.45, 2.75) is 30.7 Å². The van der Waals surface area contributed by atoms with Crippen LogP contribution in [0.1, 0.15) is 30.3 Å². The summed E-state index contributed by atoms with van der Waals surface area (Å²) in [7, 11) is -0.821. The second-order valence-electron chi connectivity index (χ2n) is 5.66. The first-order chi connectivity index (χ1) is 11.5. The lowest BCUT2D eigenvalue weighted by Crippen LogP contribution is -2.30. The van der Waals surface area contributed by atoms with Crippen molar-refractivity contribution in [2.75, 3.05) is 20.8 Å². The summed E-state index contributed by atoms with van der Waals surface area (Å²) in [5.74, 6) is 1.31. The molecule has 0 N–H and O–H groups in total. The van der Waals surface area contributed by atoms with Crippen LogP contribution in [-0.4, -0.2) is 38.6 Å². The van der Waals surface area contributed by atoms with Crippen LogP contribution in [0.3, 0.4) is 0 Å². The van der Waals surface area contributed by atoms with E-state index >= 15 is 0 Å². The van der Waals surface area contributed by atoms with Crippen molar-refractivity contribution in [3.05, 3.63) is 35.7 Å². The Morgan fingerprint density at radius 2 is 2.04 bits per heavy atom. The fourth-order valence-electron chi connectivity index (χ4n) is 2.96. The Kier molecular flexibility index (Phi) is 4.51. The van der Waals surface area contributed by atoms with Crippen molar-refractivity contribution in [3.63, 3.8) is 0 Å². The normalized spacial score (nSPS) is 18.7. The number of aromatic nitrogens is 1. The highest BCUT2D eigenvalue weighted by Gasteiger charge is 2.39. The summed E-state index contributed by atoms with van der Waals surface area (Å²) in [6, 6.07) is 6.16. The van der Waals surface area contributed by atoms with Gasteiger partial charge in [-0.1, -0.05) is 5.16 Å². The van der Waals surface area contributed by atoms with Gasteiger partial charge < -0.3 is 14.0 Å². The smallest absolute Gasteiger partial charge is 0.247 e. The van der Waals surface area contributed by atoms with Crippen LogP contribution in [0.4, 0.5) is 0 Å². The van der Waals surface area contributed by atoms with E-state index < -0.39 is 10.0 Å². The van der Waals surface area contributed by atoms with Gasteiger partial charge in [0.15, 0.2) is 5.76 Å². The van der Waals surface area contributed by atoms with Crippen molar-refractivity contribution in [3.8, 4) is 11.5 Å². The molecule has 0 unspecified atom stereocenters. The highest BCUT2D eigenvalue weighted by atomic mass is 32.2. The number of rotatable bonds is 5. The highest BCUT2D eigenvalue weighted by Crippen LogP contribution is 2.39. The highest BCUT2D eigenvalue weighted by molar-refractivity contribution is 7.89. The number of sulfonamides is 1. The van der Waals surface area contributed by atoms with Crippen molar-refractivity contribution < 1.29 is 22.4 Å². The van der Waals surface area contributed by atoms with E-state index in [0.717, 1.165) is 12.1 Å². The molecule has 0 bridgehead atoms. The number of methoxy groups -OCH3 is 2. The molecule has 1 aliphatic heterocycles. The van der Waals surface area contributed by atoms with Gasteiger partial charge in [0.25, 0.3) is 0 Å². The number of hydrogen-bond donors (Lipinski definition) is 0. The van der Waals surface area contributed by atoms with Crippen LogP contribution in [0, 0.1) is 6.92 Å². The molecule has 0 saturated carbocycles. The maximum atomic E-state index is 13.2. The van der Waals surface area contributed by atoms with Crippen LogP contribution in [0.2, 0.25) is 0 Å². The minimum Gasteiger partial charge on any atom is -0.497 e. The number of aryl methyl sites for hydroxylation is 1. The standard InChI is InChI=1S/C16H20N2O5S/c1-11-9-15(23-17-11)13-5-4-8-18(13)24(19,20)16-10-12(21-2)6-7-14(16)22-3/h6-7,9-10,13H,4-5,8H2,1-3H3/t13-/m1/s1. The van der Waals surface area contributed by atoms with Gasteiger partial charge in [-0.15, -0.1) is 0 Å². The fourth-order valence-corrected chi connectivity index (χ4v) is 4.80. The Hall–Kier alpha value is -2.06. The number of nitrogens with zero attached hydrogens (tertiary/aromatic N) is 2. The third-order valence-corrected chi connectivity index (χ3v) is 6.07. The first-order valence-corrected chi connectivity index (χ1v) is 9.08. The third kappa shape index (κ3) is 2.87. The lowest BCUT2D eigenvalue weighted by atomic mass is 10.2. The summed E-state index contributed by atoms with van der Waals surface area (Å²) in [4.78, 5) is 0.0903. The number of benzene rings is 1. The molecule has 130 valence electrons. The first kappa shape index (κ1) is 16.8. The van der Waals surface area contributed by atoms with Gasteiger partial charge in [-0.3, -0.25) is 0 Å². The van der Waals surface area contributed by atoms with E-state index in [2.05, 4.69) is 5.16 Å². The Bertz CT molecular complexity index is 831. The molecule has 0 amide bonds. The molecule has 2 aromatic rings. The quantitative estimate of drug-likeness (QED) is 0.822. The monoisotopic (exact) mass is 352 g/mol. The number of hydrogen-bond acceptors (Lipinski definition) is 6. The van der Waals surface area contributed by atoms with Crippen molar-refractivity contribution in [1.29, 1.82) is 0 Å². The summed E-state index contributed by atoms with van der Waals surface area (Å²) < 4.78 is 43.5. The summed E-state index contributed by atoms with van der Waals surface area (Å²) in [5.41, 5.74) is 0.730. The molecule has 0 spiro atoms. The zero-order valence-electron chi connectivity index (χ0n) is 13.9. The van der Waals surface area contributed by atoms with Gasteiger partial charge in [0.2, 0.25) is 10.0 Å². The van der Waals surface area contributed by atoms with E-state index in [1.807, 2.05) is 6.92 Å². The molecule has 0 radical (unpaired) electrons. The molecule has 3 rings (SSSR count). The van der Waals surface area contributed by atoms with E-state index in [4.69, 9.17) is 14.0 Å². The lowest BCUT2D eigenvalue weighted by Gasteiger charge is -2.23. The van der Waals surface area contributed by atoms with Crippen molar-refractivity contribution >= 4 is 10.0 Å². The van der Waals surface area contributed by atoms with E-state index in [1.54, 1.807) is 18.2 Å². The van der Waals surface area contributed by atoms with E-state index in [0.29, 0.717) is 24.5 Å². The van der Waals surface area contributed by atoms with E-state index in [-0.39, 0.29) is 16.7 Å². The lowest BCUT2D eigenvalue weighted by molar-refractivity contribution is 0.296. The Morgan fingerprint density at radius 3 is 2.67 bits per heavy atom. The molecule has 2 heterocycles. The van der Waals surface area contributed by atoms with Gasteiger partial charge in [-0.2, -0.15) is 4.31 Å². The predicted molar refractivity (Wildman–Crippen MR) is 86.7 cm³/mol. The average Bonchev–Trinajstić information content (AvgIpc) is 3.23. The number of ether oxygens (including phenoxy) is 2. The van der Waals surface area contributed by atoms with Crippen LogP contribution in [0.25, 0.3) is 0 Å². The molecule has 1 aliphatic rings. The first-order valence-electron chi connectivity index (χ1n) is 7.64. The van der Waals surface area contributed by atoms with Crippen molar-refractivity contribution in [1.82, 2.24) is 9.46 Å². The second kappa shape index (κ2) is 6.45. The molecule has 7 nitrogen and oxygen atoms in total. The molecule has 24 heavy (non-hydrogen) atoms. The predicted octanol–water partition coefficient (Wildman–Crippen LogP) is 2.53. The summed E-state index contributed by atoms with van der Waals surface area (Å²) in [6.45, 7) is 2.24. The molecule has 1 atom stereocenters. The van der Waals surface area contributed by atoms with Gasteiger partial charge in [0, 0.05) is 18.7 Å². The summed E-state index contributed by atoms with van der Waals surface area (Å²) >= 11 is 0. The molecule has 1 saturated heterocycles. The topological polar surface area (TPSA) is 81.9 Å². The van der Waals surface area contributed by atoms with Gasteiger partial charge in [-0.25, -0.2) is 8.42 Å². The second-order valence-corrected chi connectivity index (χ2v) is 7.52. The van der Waals surface area contributed by atoms with E-state index in [9.17, 15) is 8.42 Å². The van der Waals surface area contributed by atoms with Crippen LogP contribution in [0.15, 0.2) is 33.7 Å². The Balaban J connectivity index is 2.03. The molecular formula is C16H20N2O5S. The average molecular weight is 352 g/mol. The molecule has 1 aromatic carbocycles. The van der Waals surface area contributed by atoms with Gasteiger partial charge in [0.05, 0.1) is 26.0 Å². The van der Waals surface area contributed by atoms with Crippen LogP contribution >= 0.6 is 0 Å². The zero-order chi connectivity index (χ0) is 17.3. The molecule has 8 heteroatoms. The minimum atomic E-state index is -3.76.